The highest BCUT2D eigenvalue weighted by atomic mass is 19.2. The van der Waals surface area contributed by atoms with Crippen LogP contribution in [0.25, 0.3) is 0 Å². The highest BCUT2D eigenvalue weighted by Crippen LogP contribution is 2.39. The summed E-state index contributed by atoms with van der Waals surface area (Å²) in [4.78, 5) is 10.7. The maximum atomic E-state index is 14.1. The molecule has 0 N–H and O–H groups in total. The van der Waals surface area contributed by atoms with Gasteiger partial charge in [-0.25, -0.2) is 4.99 Å². The van der Waals surface area contributed by atoms with E-state index in [4.69, 9.17) is 4.99 Å². The fraction of sp³-hybridized carbons (Fsp3) is 0.389. The van der Waals surface area contributed by atoms with Crippen molar-refractivity contribution in [1.82, 2.24) is 30.1 Å². The van der Waals surface area contributed by atoms with E-state index < -0.39 is 0 Å². The first-order valence-corrected chi connectivity index (χ1v) is 9.47. The Kier molecular flexibility index (Phi) is 3.22. The molecule has 10 heteroatoms. The fourth-order valence-electron chi connectivity index (χ4n) is 4.48. The van der Waals surface area contributed by atoms with Gasteiger partial charge in [0, 0.05) is 5.56 Å². The molecule has 1 atom stereocenters. The third-order valence-corrected chi connectivity index (χ3v) is 5.84. The molecule has 144 valence electrons. The fourth-order valence-corrected chi connectivity index (χ4v) is 4.48. The standard InChI is InChI=1S/C18H20FN9/c1-23-8-4-7-16(23)14-9-26(22-21-14)27-11-20-18-13-5-2-3-6-15(13)25-12-24(19)10-17(25)28(18)27/h2-3,5-6,9-10,16H,4,7-8,11-12H2,1H3. The zero-order valence-electron chi connectivity index (χ0n) is 15.5. The number of rotatable bonds is 2. The van der Waals surface area contributed by atoms with Crippen LogP contribution in [0.3, 0.4) is 0 Å². The Bertz CT molecular complexity index is 998. The third-order valence-electron chi connectivity index (χ3n) is 5.84. The highest BCUT2D eigenvalue weighted by molar-refractivity contribution is 6.08. The van der Waals surface area contributed by atoms with Crippen LogP contribution in [0, 0.1) is 0 Å². The Balaban J connectivity index is 1.39. The van der Waals surface area contributed by atoms with Gasteiger partial charge in [-0.1, -0.05) is 16.6 Å². The molecule has 0 spiro atoms. The highest BCUT2D eigenvalue weighted by Gasteiger charge is 2.43. The maximum absolute atomic E-state index is 14.1. The molecule has 0 aliphatic carbocycles. The normalized spacial score (nSPS) is 23.7. The van der Waals surface area contributed by atoms with Crippen LogP contribution in [-0.2, 0) is 0 Å². The van der Waals surface area contributed by atoms with Crippen LogP contribution in [0.4, 0.5) is 10.2 Å². The van der Waals surface area contributed by atoms with Crippen molar-refractivity contribution in [2.75, 3.05) is 36.9 Å². The topological polar surface area (TPSA) is 59.3 Å². The lowest BCUT2D eigenvalue weighted by molar-refractivity contribution is 0.104. The van der Waals surface area contributed by atoms with E-state index in [9.17, 15) is 4.48 Å². The van der Waals surface area contributed by atoms with E-state index in [1.165, 1.54) is 12.6 Å². The number of hydrogen-bond acceptors (Lipinski definition) is 8. The van der Waals surface area contributed by atoms with Gasteiger partial charge in [0.2, 0.25) is 0 Å². The van der Waals surface area contributed by atoms with E-state index in [-0.39, 0.29) is 6.67 Å². The average Bonchev–Trinajstić information content (AvgIpc) is 3.46. The first-order chi connectivity index (χ1) is 13.7. The lowest BCUT2D eigenvalue weighted by atomic mass is 10.1. The van der Waals surface area contributed by atoms with Crippen LogP contribution in [0.1, 0.15) is 30.1 Å². The van der Waals surface area contributed by atoms with Crippen molar-refractivity contribution in [3.8, 4) is 0 Å². The van der Waals surface area contributed by atoms with E-state index in [0.29, 0.717) is 23.7 Å². The Hall–Kier alpha value is -3.14. The van der Waals surface area contributed by atoms with E-state index in [1.807, 2.05) is 45.5 Å². The van der Waals surface area contributed by atoms with Crippen molar-refractivity contribution in [3.63, 3.8) is 0 Å². The third kappa shape index (κ3) is 2.12. The van der Waals surface area contributed by atoms with Gasteiger partial charge < -0.3 is 4.90 Å². The number of nitrogens with zero attached hydrogens (tertiary/aromatic N) is 9. The maximum Gasteiger partial charge on any atom is 0.162 e. The molecule has 2 aromatic rings. The summed E-state index contributed by atoms with van der Waals surface area (Å²) in [5.41, 5.74) is 2.89. The number of amidine groups is 1. The number of halogens is 1. The summed E-state index contributed by atoms with van der Waals surface area (Å²) in [5.74, 6) is 1.51. The molecule has 5 heterocycles. The molecule has 1 aromatic carbocycles. The van der Waals surface area contributed by atoms with E-state index in [0.717, 1.165) is 35.7 Å². The predicted molar refractivity (Wildman–Crippen MR) is 101 cm³/mol. The predicted octanol–water partition coefficient (Wildman–Crippen LogP) is 1.39. The Labute approximate surface area is 161 Å². The summed E-state index contributed by atoms with van der Waals surface area (Å²) >= 11 is 0. The molecular weight excluding hydrogens is 361 g/mol. The zero-order chi connectivity index (χ0) is 18.8. The number of anilines is 1. The molecule has 0 saturated carbocycles. The summed E-state index contributed by atoms with van der Waals surface area (Å²) in [6.07, 6.45) is 5.71. The van der Waals surface area contributed by atoms with Crippen molar-refractivity contribution in [2.45, 2.75) is 18.9 Å². The average molecular weight is 381 g/mol. The Morgan fingerprint density at radius 1 is 1.21 bits per heavy atom. The second-order valence-electron chi connectivity index (χ2n) is 7.48. The van der Waals surface area contributed by atoms with Crippen LogP contribution in [0.2, 0.25) is 0 Å². The van der Waals surface area contributed by atoms with Crippen LogP contribution < -0.4 is 10.0 Å². The second-order valence-corrected chi connectivity index (χ2v) is 7.48. The lowest BCUT2D eigenvalue weighted by Crippen LogP contribution is -2.53. The second kappa shape index (κ2) is 5.68. The van der Waals surface area contributed by atoms with Gasteiger partial charge in [0.1, 0.15) is 12.4 Å². The van der Waals surface area contributed by atoms with E-state index >= 15 is 0 Å². The summed E-state index contributed by atoms with van der Waals surface area (Å²) < 4.78 is 14.1. The minimum atomic E-state index is 0.152. The molecule has 9 nitrogen and oxygen atoms in total. The van der Waals surface area contributed by atoms with Crippen molar-refractivity contribution in [2.24, 2.45) is 4.99 Å². The molecule has 6 rings (SSSR count). The van der Waals surface area contributed by atoms with Gasteiger partial charge in [-0.15, -0.1) is 9.89 Å². The lowest BCUT2D eigenvalue weighted by Gasteiger charge is -2.39. The smallest absolute Gasteiger partial charge is 0.162 e. The molecule has 1 saturated heterocycles. The molecule has 0 bridgehead atoms. The van der Waals surface area contributed by atoms with Crippen molar-refractivity contribution in [3.05, 3.63) is 53.7 Å². The Morgan fingerprint density at radius 2 is 2.11 bits per heavy atom. The summed E-state index contributed by atoms with van der Waals surface area (Å²) in [6, 6.07) is 8.24. The van der Waals surface area contributed by atoms with Crippen molar-refractivity contribution >= 4 is 11.5 Å². The first kappa shape index (κ1) is 15.9. The van der Waals surface area contributed by atoms with E-state index in [1.54, 1.807) is 4.79 Å². The van der Waals surface area contributed by atoms with Crippen molar-refractivity contribution < 1.29 is 4.48 Å². The van der Waals surface area contributed by atoms with Gasteiger partial charge in [-0.2, -0.15) is 15.2 Å². The minimum absolute atomic E-state index is 0.152. The number of benzene rings is 1. The van der Waals surface area contributed by atoms with Gasteiger partial charge in [-0.05, 0) is 43.8 Å². The molecule has 1 aromatic heterocycles. The quantitative estimate of drug-likeness (QED) is 0.729. The summed E-state index contributed by atoms with van der Waals surface area (Å²) in [5, 5.41) is 13.3. The zero-order valence-corrected chi connectivity index (χ0v) is 15.5. The molecular formula is C18H20FN9. The molecule has 28 heavy (non-hydrogen) atoms. The van der Waals surface area contributed by atoms with Gasteiger partial charge in [-0.3, -0.25) is 4.90 Å². The molecule has 4 aliphatic rings. The Morgan fingerprint density at radius 3 is 2.96 bits per heavy atom. The monoisotopic (exact) mass is 381 g/mol. The molecule has 1 fully saturated rings. The number of likely N-dealkylation sites (tertiary alicyclic amines) is 1. The molecule has 0 radical (unpaired) electrons. The number of hydrazine groups is 1. The van der Waals surface area contributed by atoms with Gasteiger partial charge >= 0.3 is 0 Å². The first-order valence-electron chi connectivity index (χ1n) is 9.47. The van der Waals surface area contributed by atoms with Crippen LogP contribution in [0.5, 0.6) is 0 Å². The van der Waals surface area contributed by atoms with Crippen LogP contribution in [0.15, 0.2) is 47.5 Å². The van der Waals surface area contributed by atoms with Gasteiger partial charge in [0.15, 0.2) is 18.3 Å². The van der Waals surface area contributed by atoms with Crippen LogP contribution >= 0.6 is 0 Å². The van der Waals surface area contributed by atoms with E-state index in [2.05, 4.69) is 22.3 Å². The SMILES string of the molecule is CN1CCCC1c1cn(N2CN=C3c4ccccc4N4CN(F)C=C4N32)nn1. The number of aromatic nitrogens is 3. The molecule has 4 aliphatic heterocycles. The van der Waals surface area contributed by atoms with Crippen molar-refractivity contribution in [1.29, 1.82) is 0 Å². The number of para-hydroxylation sites is 1. The summed E-state index contributed by atoms with van der Waals surface area (Å²) in [6.45, 7) is 1.62. The summed E-state index contributed by atoms with van der Waals surface area (Å²) in [7, 11) is 2.12. The van der Waals surface area contributed by atoms with Gasteiger partial charge in [0.25, 0.3) is 0 Å². The number of fused-ring (bicyclic) bond motifs is 6. The molecule has 1 unspecified atom stereocenters. The van der Waals surface area contributed by atoms with Crippen LogP contribution in [-0.4, -0.2) is 62.9 Å². The molecule has 0 amide bonds. The number of hydrogen-bond donors (Lipinski definition) is 0. The minimum Gasteiger partial charge on any atom is -0.303 e. The van der Waals surface area contributed by atoms with Gasteiger partial charge in [0.05, 0.1) is 24.1 Å². The largest absolute Gasteiger partial charge is 0.303 e. The number of aliphatic imine (C=N–C) groups is 1.